The number of nitrogens with zero attached hydrogens (tertiary/aromatic N) is 2. The molecule has 0 fully saturated rings. The molecule has 4 nitrogen and oxygen atoms in total. The summed E-state index contributed by atoms with van der Waals surface area (Å²) in [6.45, 7) is 2.07. The Balaban J connectivity index is 1.98. The Morgan fingerprint density at radius 1 is 1.35 bits per heavy atom. The zero-order valence-corrected chi connectivity index (χ0v) is 12.2. The van der Waals surface area contributed by atoms with Crippen LogP contribution < -0.4 is 5.32 Å². The van der Waals surface area contributed by atoms with Crippen molar-refractivity contribution in [3.05, 3.63) is 47.1 Å². The average Bonchev–Trinajstić information content (AvgIpc) is 3.01. The fourth-order valence-electron chi connectivity index (χ4n) is 2.07. The minimum absolute atomic E-state index is 0.00952. The van der Waals surface area contributed by atoms with Gasteiger partial charge in [0.2, 0.25) is 5.91 Å². The second kappa shape index (κ2) is 5.09. The lowest BCUT2D eigenvalue weighted by atomic mass is 10.1. The average molecular weight is 285 g/mol. The number of fused-ring (bicyclic) bond motifs is 1. The molecule has 0 aliphatic rings. The molecule has 1 N–H and O–H groups in total. The van der Waals surface area contributed by atoms with Crippen molar-refractivity contribution in [1.29, 1.82) is 0 Å². The van der Waals surface area contributed by atoms with Crippen molar-refractivity contribution in [3.63, 3.8) is 0 Å². The van der Waals surface area contributed by atoms with Crippen molar-refractivity contribution < 1.29 is 4.79 Å². The molecule has 1 aromatic carbocycles. The Bertz CT molecular complexity index is 755. The van der Waals surface area contributed by atoms with Crippen LogP contribution in [0.2, 0.25) is 0 Å². The van der Waals surface area contributed by atoms with Gasteiger partial charge in [-0.3, -0.25) is 9.20 Å². The third-order valence-electron chi connectivity index (χ3n) is 3.25. The molecule has 0 radical (unpaired) electrons. The van der Waals surface area contributed by atoms with E-state index >= 15 is 0 Å². The summed E-state index contributed by atoms with van der Waals surface area (Å²) in [4.78, 5) is 17.0. The minimum atomic E-state index is 0.00952. The molecule has 1 amide bonds. The van der Waals surface area contributed by atoms with Crippen LogP contribution >= 0.6 is 11.3 Å². The Morgan fingerprint density at radius 2 is 2.10 bits per heavy atom. The Hall–Kier alpha value is -2.14. The first-order chi connectivity index (χ1) is 9.67. The molecule has 2 heterocycles. The molecule has 2 aromatic heterocycles. The van der Waals surface area contributed by atoms with Gasteiger partial charge in [0.1, 0.15) is 0 Å². The number of rotatable bonds is 3. The third-order valence-corrected chi connectivity index (χ3v) is 4.14. The number of amides is 1. The quantitative estimate of drug-likeness (QED) is 0.804. The summed E-state index contributed by atoms with van der Waals surface area (Å²) in [5, 5.41) is 4.63. The van der Waals surface area contributed by atoms with Crippen LogP contribution in [0.5, 0.6) is 0 Å². The lowest BCUT2D eigenvalue weighted by Gasteiger charge is -1.98. The van der Waals surface area contributed by atoms with E-state index < -0.39 is 0 Å². The summed E-state index contributed by atoms with van der Waals surface area (Å²) in [6, 6.07) is 8.29. The van der Waals surface area contributed by atoms with E-state index in [0.29, 0.717) is 6.42 Å². The van der Waals surface area contributed by atoms with Crippen LogP contribution in [-0.4, -0.2) is 22.3 Å². The molecule has 3 aromatic rings. The van der Waals surface area contributed by atoms with Crippen molar-refractivity contribution in [1.82, 2.24) is 14.7 Å². The molecule has 0 aliphatic carbocycles. The van der Waals surface area contributed by atoms with Gasteiger partial charge in [-0.25, -0.2) is 4.98 Å². The van der Waals surface area contributed by atoms with Gasteiger partial charge in [-0.15, -0.1) is 11.3 Å². The maximum Gasteiger partial charge on any atom is 0.225 e. The molecule has 0 aliphatic heterocycles. The van der Waals surface area contributed by atoms with E-state index in [9.17, 15) is 4.79 Å². The fourth-order valence-corrected chi connectivity index (χ4v) is 2.95. The first kappa shape index (κ1) is 12.9. The highest BCUT2D eigenvalue weighted by atomic mass is 32.1. The monoisotopic (exact) mass is 285 g/mol. The molecular weight excluding hydrogens is 270 g/mol. The molecule has 20 heavy (non-hydrogen) atoms. The highest BCUT2D eigenvalue weighted by Gasteiger charge is 2.11. The predicted molar refractivity (Wildman–Crippen MR) is 81.0 cm³/mol. The summed E-state index contributed by atoms with van der Waals surface area (Å²) < 4.78 is 2.00. The van der Waals surface area contributed by atoms with Gasteiger partial charge in [0, 0.05) is 29.9 Å². The van der Waals surface area contributed by atoms with Gasteiger partial charge in [0.05, 0.1) is 12.1 Å². The molecular formula is C15H15N3OS. The van der Waals surface area contributed by atoms with Gasteiger partial charge in [-0.2, -0.15) is 0 Å². The molecule has 3 rings (SSSR count). The van der Waals surface area contributed by atoms with E-state index in [-0.39, 0.29) is 5.91 Å². The van der Waals surface area contributed by atoms with Gasteiger partial charge in [-0.1, -0.05) is 29.8 Å². The second-order valence-electron chi connectivity index (χ2n) is 4.72. The van der Waals surface area contributed by atoms with E-state index in [1.807, 2.05) is 16.0 Å². The van der Waals surface area contributed by atoms with Crippen LogP contribution in [0.3, 0.4) is 0 Å². The first-order valence-corrected chi connectivity index (χ1v) is 7.28. The number of hydrogen-bond donors (Lipinski definition) is 1. The maximum atomic E-state index is 11.5. The molecule has 0 saturated carbocycles. The van der Waals surface area contributed by atoms with Crippen LogP contribution in [-0.2, 0) is 11.2 Å². The number of aryl methyl sites for hydroxylation is 1. The van der Waals surface area contributed by atoms with Crippen LogP contribution in [0.25, 0.3) is 16.2 Å². The largest absolute Gasteiger partial charge is 0.359 e. The summed E-state index contributed by atoms with van der Waals surface area (Å²) >= 11 is 1.56. The Kier molecular flexibility index (Phi) is 3.28. The highest BCUT2D eigenvalue weighted by molar-refractivity contribution is 7.15. The van der Waals surface area contributed by atoms with E-state index in [1.165, 1.54) is 5.56 Å². The smallest absolute Gasteiger partial charge is 0.225 e. The highest BCUT2D eigenvalue weighted by Crippen LogP contribution is 2.24. The van der Waals surface area contributed by atoms with E-state index in [1.54, 1.807) is 18.4 Å². The van der Waals surface area contributed by atoms with Crippen LogP contribution in [0, 0.1) is 6.92 Å². The van der Waals surface area contributed by atoms with Gasteiger partial charge in [0.15, 0.2) is 4.96 Å². The second-order valence-corrected chi connectivity index (χ2v) is 5.56. The zero-order valence-electron chi connectivity index (χ0n) is 11.4. The van der Waals surface area contributed by atoms with Crippen molar-refractivity contribution >= 4 is 22.2 Å². The SMILES string of the molecule is CNC(=O)Cc1csc2nc(-c3ccc(C)cc3)cn12. The summed E-state index contributed by atoms with van der Waals surface area (Å²) in [7, 11) is 1.65. The van der Waals surface area contributed by atoms with Crippen LogP contribution in [0.15, 0.2) is 35.8 Å². The van der Waals surface area contributed by atoms with E-state index in [2.05, 4.69) is 41.5 Å². The number of carbonyl (C=O) groups excluding carboxylic acids is 1. The van der Waals surface area contributed by atoms with Crippen molar-refractivity contribution in [3.8, 4) is 11.3 Å². The number of hydrogen-bond acceptors (Lipinski definition) is 3. The number of imidazole rings is 1. The number of nitrogens with one attached hydrogen (secondary N) is 1. The molecule has 0 saturated heterocycles. The summed E-state index contributed by atoms with van der Waals surface area (Å²) in [5.41, 5.74) is 4.23. The summed E-state index contributed by atoms with van der Waals surface area (Å²) in [6.07, 6.45) is 2.37. The Morgan fingerprint density at radius 3 is 2.80 bits per heavy atom. The number of benzene rings is 1. The first-order valence-electron chi connectivity index (χ1n) is 6.40. The van der Waals surface area contributed by atoms with Gasteiger partial charge in [-0.05, 0) is 6.92 Å². The molecule has 0 bridgehead atoms. The zero-order chi connectivity index (χ0) is 14.1. The lowest BCUT2D eigenvalue weighted by molar-refractivity contribution is -0.120. The van der Waals surface area contributed by atoms with E-state index in [4.69, 9.17) is 0 Å². The van der Waals surface area contributed by atoms with Crippen LogP contribution in [0.4, 0.5) is 0 Å². The maximum absolute atomic E-state index is 11.5. The van der Waals surface area contributed by atoms with Crippen molar-refractivity contribution in [2.45, 2.75) is 13.3 Å². The molecule has 0 spiro atoms. The lowest BCUT2D eigenvalue weighted by Crippen LogP contribution is -2.20. The standard InChI is InChI=1S/C15H15N3OS/c1-10-3-5-11(6-4-10)13-8-18-12(7-14(19)16-2)9-20-15(18)17-13/h3-6,8-9H,7H2,1-2H3,(H,16,19). The van der Waals surface area contributed by atoms with Gasteiger partial charge < -0.3 is 5.32 Å². The molecule has 0 atom stereocenters. The number of thiazole rings is 1. The summed E-state index contributed by atoms with van der Waals surface area (Å²) in [5.74, 6) is 0.00952. The number of likely N-dealkylation sites (N-methyl/N-ethyl adjacent to an activating group) is 1. The van der Waals surface area contributed by atoms with Crippen molar-refractivity contribution in [2.75, 3.05) is 7.05 Å². The Labute approximate surface area is 121 Å². The van der Waals surface area contributed by atoms with Gasteiger partial charge >= 0.3 is 0 Å². The fraction of sp³-hybridized carbons (Fsp3) is 0.200. The molecule has 0 unspecified atom stereocenters. The third kappa shape index (κ3) is 2.32. The molecule has 5 heteroatoms. The predicted octanol–water partition coefficient (Wildman–Crippen LogP) is 2.66. The minimum Gasteiger partial charge on any atom is -0.359 e. The van der Waals surface area contributed by atoms with E-state index in [0.717, 1.165) is 21.9 Å². The van der Waals surface area contributed by atoms with Gasteiger partial charge in [0.25, 0.3) is 0 Å². The number of aromatic nitrogens is 2. The molecule has 102 valence electrons. The normalized spacial score (nSPS) is 10.9. The topological polar surface area (TPSA) is 46.4 Å². The van der Waals surface area contributed by atoms with Crippen LogP contribution in [0.1, 0.15) is 11.3 Å². The number of carbonyl (C=O) groups is 1. The van der Waals surface area contributed by atoms with Crippen molar-refractivity contribution in [2.24, 2.45) is 0 Å².